The van der Waals surface area contributed by atoms with Gasteiger partial charge in [0, 0.05) is 31.2 Å². The third-order valence-electron chi connectivity index (χ3n) is 6.26. The SMILES string of the molecule is CN1CCn2ncc(C(C)(C)CC3Cn4ncc(C(C)(C)C)c4CN3)c2C1. The molecule has 27 heavy (non-hydrogen) atoms. The summed E-state index contributed by atoms with van der Waals surface area (Å²) in [6, 6.07) is 0.428. The monoisotopic (exact) mass is 370 g/mol. The number of nitrogens with one attached hydrogen (secondary N) is 1. The molecule has 2 aromatic heterocycles. The lowest BCUT2D eigenvalue weighted by atomic mass is 9.78. The Hall–Kier alpha value is -1.66. The quantitative estimate of drug-likeness (QED) is 0.902. The largest absolute Gasteiger partial charge is 0.306 e. The molecule has 0 bridgehead atoms. The van der Waals surface area contributed by atoms with E-state index in [0.29, 0.717) is 6.04 Å². The van der Waals surface area contributed by atoms with Gasteiger partial charge in [0.05, 0.1) is 36.9 Å². The van der Waals surface area contributed by atoms with Crippen molar-refractivity contribution in [2.75, 3.05) is 13.6 Å². The summed E-state index contributed by atoms with van der Waals surface area (Å²) in [6.07, 6.45) is 5.25. The summed E-state index contributed by atoms with van der Waals surface area (Å²) in [5.74, 6) is 0. The van der Waals surface area contributed by atoms with E-state index >= 15 is 0 Å². The van der Waals surface area contributed by atoms with Crippen LogP contribution in [0.25, 0.3) is 0 Å². The number of rotatable bonds is 3. The van der Waals surface area contributed by atoms with Crippen LogP contribution >= 0.6 is 0 Å². The van der Waals surface area contributed by atoms with Gasteiger partial charge in [0.15, 0.2) is 0 Å². The second kappa shape index (κ2) is 6.45. The smallest absolute Gasteiger partial charge is 0.0567 e. The van der Waals surface area contributed by atoms with E-state index in [9.17, 15) is 0 Å². The summed E-state index contributed by atoms with van der Waals surface area (Å²) in [6.45, 7) is 16.4. The molecule has 0 saturated heterocycles. The molecule has 2 aliphatic heterocycles. The zero-order valence-electron chi connectivity index (χ0n) is 17.7. The normalized spacial score (nSPS) is 21.2. The lowest BCUT2D eigenvalue weighted by Gasteiger charge is -2.35. The molecule has 4 rings (SSSR count). The lowest BCUT2D eigenvalue weighted by molar-refractivity contribution is 0.251. The molecular formula is C21H34N6. The number of aromatic nitrogens is 4. The summed E-state index contributed by atoms with van der Waals surface area (Å²) >= 11 is 0. The summed E-state index contributed by atoms with van der Waals surface area (Å²) in [7, 11) is 2.20. The molecule has 6 nitrogen and oxygen atoms in total. The Bertz CT molecular complexity index is 822. The highest BCUT2D eigenvalue weighted by molar-refractivity contribution is 5.29. The van der Waals surface area contributed by atoms with E-state index in [4.69, 9.17) is 5.10 Å². The molecule has 2 aliphatic rings. The van der Waals surface area contributed by atoms with Crippen molar-refractivity contribution in [3.05, 3.63) is 34.9 Å². The van der Waals surface area contributed by atoms with Crippen LogP contribution in [0, 0.1) is 0 Å². The minimum absolute atomic E-state index is 0.0843. The summed E-state index contributed by atoms with van der Waals surface area (Å²) in [5.41, 5.74) is 5.73. The molecule has 0 amide bonds. The minimum atomic E-state index is 0.0843. The Labute approximate surface area is 162 Å². The van der Waals surface area contributed by atoms with Gasteiger partial charge in [-0.25, -0.2) is 0 Å². The first-order chi connectivity index (χ1) is 12.6. The Morgan fingerprint density at radius 3 is 2.44 bits per heavy atom. The standard InChI is InChI=1S/C21H34N6/c1-20(2,3)16-10-24-27-13-15(22-12-18(16)27)9-21(4,5)17-11-23-26-8-7-25(6)14-19(17)26/h10-11,15,22H,7-9,12-14H2,1-6H3. The second-order valence-corrected chi connectivity index (χ2v) is 10.1. The van der Waals surface area contributed by atoms with Crippen LogP contribution < -0.4 is 5.32 Å². The van der Waals surface area contributed by atoms with Gasteiger partial charge in [0.1, 0.15) is 0 Å². The second-order valence-electron chi connectivity index (χ2n) is 10.1. The first-order valence-electron chi connectivity index (χ1n) is 10.2. The average Bonchev–Trinajstić information content (AvgIpc) is 3.17. The van der Waals surface area contributed by atoms with Crippen LogP contribution in [-0.4, -0.2) is 44.1 Å². The zero-order valence-corrected chi connectivity index (χ0v) is 17.7. The minimum Gasteiger partial charge on any atom is -0.306 e. The number of nitrogens with zero attached hydrogens (tertiary/aromatic N) is 5. The van der Waals surface area contributed by atoms with Gasteiger partial charge < -0.3 is 5.32 Å². The van der Waals surface area contributed by atoms with E-state index in [-0.39, 0.29) is 10.8 Å². The van der Waals surface area contributed by atoms with Crippen LogP contribution in [0.4, 0.5) is 0 Å². The maximum absolute atomic E-state index is 4.70. The molecule has 0 saturated carbocycles. The van der Waals surface area contributed by atoms with Crippen molar-refractivity contribution in [3.63, 3.8) is 0 Å². The predicted molar refractivity (Wildman–Crippen MR) is 108 cm³/mol. The molecule has 0 aliphatic carbocycles. The van der Waals surface area contributed by atoms with Gasteiger partial charge in [-0.05, 0) is 29.9 Å². The molecule has 2 aromatic rings. The van der Waals surface area contributed by atoms with Gasteiger partial charge in [-0.3, -0.25) is 14.3 Å². The highest BCUT2D eigenvalue weighted by Gasteiger charge is 2.34. The zero-order chi connectivity index (χ0) is 19.4. The molecule has 148 valence electrons. The molecule has 6 heteroatoms. The van der Waals surface area contributed by atoms with Crippen LogP contribution in [-0.2, 0) is 37.0 Å². The van der Waals surface area contributed by atoms with Crippen molar-refractivity contribution in [3.8, 4) is 0 Å². The first kappa shape index (κ1) is 18.7. The third-order valence-corrected chi connectivity index (χ3v) is 6.26. The summed E-state index contributed by atoms with van der Waals surface area (Å²) in [4.78, 5) is 2.39. The Kier molecular flexibility index (Phi) is 4.47. The van der Waals surface area contributed by atoms with Gasteiger partial charge in [0.25, 0.3) is 0 Å². The Morgan fingerprint density at radius 1 is 1.00 bits per heavy atom. The van der Waals surface area contributed by atoms with Crippen LogP contribution in [0.3, 0.4) is 0 Å². The molecule has 1 unspecified atom stereocenters. The van der Waals surface area contributed by atoms with Gasteiger partial charge in [-0.15, -0.1) is 0 Å². The van der Waals surface area contributed by atoms with Crippen LogP contribution in [0.15, 0.2) is 12.4 Å². The van der Waals surface area contributed by atoms with Crippen molar-refractivity contribution < 1.29 is 0 Å². The number of hydrogen-bond donors (Lipinski definition) is 1. The van der Waals surface area contributed by atoms with E-state index in [2.05, 4.69) is 78.7 Å². The fourth-order valence-corrected chi connectivity index (χ4v) is 4.69. The van der Waals surface area contributed by atoms with Crippen molar-refractivity contribution in [1.82, 2.24) is 29.8 Å². The fourth-order valence-electron chi connectivity index (χ4n) is 4.69. The molecule has 0 spiro atoms. The summed E-state index contributed by atoms with van der Waals surface area (Å²) in [5, 5.41) is 13.2. The number of likely N-dealkylation sites (N-methyl/N-ethyl adjacent to an activating group) is 1. The Morgan fingerprint density at radius 2 is 1.70 bits per heavy atom. The highest BCUT2D eigenvalue weighted by atomic mass is 15.3. The van der Waals surface area contributed by atoms with E-state index in [1.54, 1.807) is 0 Å². The maximum Gasteiger partial charge on any atom is 0.0567 e. The van der Waals surface area contributed by atoms with E-state index in [1.165, 1.54) is 22.5 Å². The van der Waals surface area contributed by atoms with E-state index < -0.39 is 0 Å². The fraction of sp³-hybridized carbons (Fsp3) is 0.714. The van der Waals surface area contributed by atoms with Crippen molar-refractivity contribution in [2.24, 2.45) is 0 Å². The van der Waals surface area contributed by atoms with Gasteiger partial charge in [-0.1, -0.05) is 34.6 Å². The Balaban J connectivity index is 1.52. The third kappa shape index (κ3) is 3.45. The van der Waals surface area contributed by atoms with Gasteiger partial charge >= 0.3 is 0 Å². The number of hydrogen-bond acceptors (Lipinski definition) is 4. The molecule has 1 atom stereocenters. The van der Waals surface area contributed by atoms with Crippen molar-refractivity contribution in [2.45, 2.75) is 84.1 Å². The van der Waals surface area contributed by atoms with Gasteiger partial charge in [-0.2, -0.15) is 10.2 Å². The topological polar surface area (TPSA) is 50.9 Å². The van der Waals surface area contributed by atoms with Crippen LogP contribution in [0.5, 0.6) is 0 Å². The molecule has 0 radical (unpaired) electrons. The molecule has 4 heterocycles. The lowest BCUT2D eigenvalue weighted by Crippen LogP contribution is -2.43. The number of fused-ring (bicyclic) bond motifs is 2. The van der Waals surface area contributed by atoms with E-state index in [0.717, 1.165) is 39.1 Å². The summed E-state index contributed by atoms with van der Waals surface area (Å²) < 4.78 is 4.42. The first-order valence-corrected chi connectivity index (χ1v) is 10.2. The molecule has 0 aromatic carbocycles. The highest BCUT2D eigenvalue weighted by Crippen LogP contribution is 2.34. The van der Waals surface area contributed by atoms with Crippen LogP contribution in [0.1, 0.15) is 63.6 Å². The van der Waals surface area contributed by atoms with Gasteiger partial charge in [0.2, 0.25) is 0 Å². The van der Waals surface area contributed by atoms with E-state index in [1.807, 2.05) is 0 Å². The molecular weight excluding hydrogens is 336 g/mol. The average molecular weight is 371 g/mol. The van der Waals surface area contributed by atoms with Crippen LogP contribution in [0.2, 0.25) is 0 Å². The molecule has 0 fully saturated rings. The predicted octanol–water partition coefficient (Wildman–Crippen LogP) is 2.66. The maximum atomic E-state index is 4.70. The van der Waals surface area contributed by atoms with Crippen molar-refractivity contribution in [1.29, 1.82) is 0 Å². The molecule has 1 N–H and O–H groups in total. The van der Waals surface area contributed by atoms with Crippen molar-refractivity contribution >= 4 is 0 Å².